The summed E-state index contributed by atoms with van der Waals surface area (Å²) >= 11 is 0. The van der Waals surface area contributed by atoms with E-state index in [1.54, 1.807) is 41.3 Å². The molecule has 1 atom stereocenters. The van der Waals surface area contributed by atoms with E-state index >= 15 is 0 Å². The molecule has 1 aromatic heterocycles. The lowest BCUT2D eigenvalue weighted by Crippen LogP contribution is -2.56. The molecule has 2 aromatic carbocycles. The van der Waals surface area contributed by atoms with E-state index in [9.17, 15) is 14.4 Å². The minimum Gasteiger partial charge on any atom is -0.496 e. The molecule has 0 saturated carbocycles. The Balaban J connectivity index is 1.48. The third-order valence-electron chi connectivity index (χ3n) is 5.75. The largest absolute Gasteiger partial charge is 0.496 e. The van der Waals surface area contributed by atoms with Crippen LogP contribution in [0.25, 0.3) is 11.3 Å². The van der Waals surface area contributed by atoms with Gasteiger partial charge in [-0.25, -0.2) is 0 Å². The van der Waals surface area contributed by atoms with Crippen LogP contribution in [0.1, 0.15) is 33.3 Å². The number of benzene rings is 2. The van der Waals surface area contributed by atoms with E-state index in [1.807, 2.05) is 32.0 Å². The zero-order chi connectivity index (χ0) is 23.5. The van der Waals surface area contributed by atoms with Gasteiger partial charge in [0.25, 0.3) is 17.6 Å². The molecule has 1 aliphatic heterocycles. The van der Waals surface area contributed by atoms with Gasteiger partial charge in [0.1, 0.15) is 5.75 Å². The molecule has 2 heterocycles. The van der Waals surface area contributed by atoms with Gasteiger partial charge in [-0.1, -0.05) is 29.4 Å². The van der Waals surface area contributed by atoms with Crippen molar-refractivity contribution in [2.75, 3.05) is 26.7 Å². The number of aryl methyl sites for hydroxylation is 1. The molecule has 8 nitrogen and oxygen atoms in total. The van der Waals surface area contributed by atoms with Crippen LogP contribution in [0.2, 0.25) is 0 Å². The van der Waals surface area contributed by atoms with Crippen molar-refractivity contribution in [3.8, 4) is 17.1 Å². The highest BCUT2D eigenvalue weighted by Gasteiger charge is 2.34. The maximum absolute atomic E-state index is 13.1. The minimum atomic E-state index is -0.651. The van der Waals surface area contributed by atoms with Crippen LogP contribution in [-0.2, 0) is 4.79 Å². The number of aromatic nitrogens is 1. The van der Waals surface area contributed by atoms with Crippen LogP contribution in [-0.4, -0.2) is 65.3 Å². The number of rotatable bonds is 5. The van der Waals surface area contributed by atoms with E-state index in [0.717, 1.165) is 5.69 Å². The zero-order valence-corrected chi connectivity index (χ0v) is 18.8. The molecular weight excluding hydrogens is 422 g/mol. The first-order valence-corrected chi connectivity index (χ1v) is 10.7. The topological polar surface area (TPSA) is 92.9 Å². The van der Waals surface area contributed by atoms with Gasteiger partial charge < -0.3 is 19.1 Å². The van der Waals surface area contributed by atoms with E-state index in [1.165, 1.54) is 12.0 Å². The summed E-state index contributed by atoms with van der Waals surface area (Å²) in [4.78, 5) is 42.1. The van der Waals surface area contributed by atoms with Crippen molar-refractivity contribution in [3.05, 3.63) is 71.4 Å². The molecule has 0 unspecified atom stereocenters. The van der Waals surface area contributed by atoms with Gasteiger partial charge in [0.15, 0.2) is 5.76 Å². The van der Waals surface area contributed by atoms with Gasteiger partial charge in [0, 0.05) is 42.9 Å². The third-order valence-corrected chi connectivity index (χ3v) is 5.75. The fourth-order valence-electron chi connectivity index (χ4n) is 3.98. The van der Waals surface area contributed by atoms with Crippen molar-refractivity contribution >= 4 is 17.6 Å². The SMILES string of the molecule is COc1cc(-c2cc(C)no2)ccc1C(=O)C(=O)N1CCN(C(=O)c2ccccc2)C[C@H]1C. The molecule has 170 valence electrons. The number of hydrogen-bond acceptors (Lipinski definition) is 6. The number of Topliss-reactive ketones (excluding diaryl/α,β-unsaturated/α-hetero) is 1. The molecule has 0 radical (unpaired) electrons. The predicted octanol–water partition coefficient (Wildman–Crippen LogP) is 3.21. The highest BCUT2D eigenvalue weighted by molar-refractivity contribution is 6.43. The lowest BCUT2D eigenvalue weighted by Gasteiger charge is -2.39. The van der Waals surface area contributed by atoms with Gasteiger partial charge in [-0.2, -0.15) is 0 Å². The maximum Gasteiger partial charge on any atom is 0.295 e. The van der Waals surface area contributed by atoms with Crippen LogP contribution >= 0.6 is 0 Å². The Morgan fingerprint density at radius 2 is 1.82 bits per heavy atom. The molecule has 0 N–H and O–H groups in total. The molecule has 3 aromatic rings. The molecule has 8 heteroatoms. The number of ketones is 1. The van der Waals surface area contributed by atoms with Crippen LogP contribution < -0.4 is 4.74 Å². The molecule has 0 bridgehead atoms. The van der Waals surface area contributed by atoms with E-state index in [2.05, 4.69) is 5.16 Å². The van der Waals surface area contributed by atoms with E-state index in [4.69, 9.17) is 9.26 Å². The lowest BCUT2D eigenvalue weighted by atomic mass is 10.0. The maximum atomic E-state index is 13.1. The van der Waals surface area contributed by atoms with Crippen LogP contribution in [0.4, 0.5) is 0 Å². The molecule has 33 heavy (non-hydrogen) atoms. The second-order valence-electron chi connectivity index (χ2n) is 8.04. The van der Waals surface area contributed by atoms with Gasteiger partial charge in [0.05, 0.1) is 18.4 Å². The number of carbonyl (C=O) groups excluding carboxylic acids is 3. The first kappa shape index (κ1) is 22.3. The van der Waals surface area contributed by atoms with Gasteiger partial charge in [0.2, 0.25) is 0 Å². The number of amides is 2. The fraction of sp³-hybridized carbons (Fsp3) is 0.280. The molecule has 1 aliphatic rings. The first-order chi connectivity index (χ1) is 15.9. The van der Waals surface area contributed by atoms with Crippen molar-refractivity contribution in [1.29, 1.82) is 0 Å². The second-order valence-corrected chi connectivity index (χ2v) is 8.04. The van der Waals surface area contributed by atoms with Crippen molar-refractivity contribution in [2.24, 2.45) is 0 Å². The summed E-state index contributed by atoms with van der Waals surface area (Å²) in [5, 5.41) is 3.87. The standard InChI is InChI=1S/C25H25N3O5/c1-16-13-21(33-26-16)19-9-10-20(22(14-19)32-3)23(29)25(31)28-12-11-27(15-17(28)2)24(30)18-7-5-4-6-8-18/h4-10,13-14,17H,11-12,15H2,1-3H3/t17-/m1/s1. The van der Waals surface area contributed by atoms with Crippen molar-refractivity contribution in [1.82, 2.24) is 15.0 Å². The second kappa shape index (κ2) is 9.28. The highest BCUT2D eigenvalue weighted by Crippen LogP contribution is 2.29. The fourth-order valence-corrected chi connectivity index (χ4v) is 3.98. The number of ether oxygens (including phenoxy) is 1. The molecule has 1 saturated heterocycles. The van der Waals surface area contributed by atoms with Gasteiger partial charge in [-0.3, -0.25) is 14.4 Å². The summed E-state index contributed by atoms with van der Waals surface area (Å²) in [7, 11) is 1.45. The Bertz CT molecular complexity index is 1190. The number of carbonyl (C=O) groups is 3. The summed E-state index contributed by atoms with van der Waals surface area (Å²) in [6, 6.07) is 15.4. The normalized spacial score (nSPS) is 15.9. The molecule has 2 amide bonds. The first-order valence-electron chi connectivity index (χ1n) is 10.7. The minimum absolute atomic E-state index is 0.0826. The Labute approximate surface area is 191 Å². The Morgan fingerprint density at radius 3 is 2.45 bits per heavy atom. The third kappa shape index (κ3) is 4.50. The van der Waals surface area contributed by atoms with Gasteiger partial charge in [-0.05, 0) is 38.1 Å². The molecule has 0 aliphatic carbocycles. The van der Waals surface area contributed by atoms with Crippen LogP contribution in [0.3, 0.4) is 0 Å². The van der Waals surface area contributed by atoms with Crippen LogP contribution in [0, 0.1) is 6.92 Å². The average molecular weight is 447 g/mol. The van der Waals surface area contributed by atoms with Crippen molar-refractivity contribution < 1.29 is 23.6 Å². The van der Waals surface area contributed by atoms with E-state index in [-0.39, 0.29) is 29.8 Å². The average Bonchev–Trinajstić information content (AvgIpc) is 3.29. The van der Waals surface area contributed by atoms with Crippen LogP contribution in [0.15, 0.2) is 59.1 Å². The summed E-state index contributed by atoms with van der Waals surface area (Å²) < 4.78 is 10.7. The molecule has 4 rings (SSSR count). The number of methoxy groups -OCH3 is 1. The Morgan fingerprint density at radius 1 is 1.06 bits per heavy atom. The van der Waals surface area contributed by atoms with Gasteiger partial charge in [-0.15, -0.1) is 0 Å². The highest BCUT2D eigenvalue weighted by atomic mass is 16.5. The summed E-state index contributed by atoms with van der Waals surface area (Å²) in [6.07, 6.45) is 0. The molecule has 1 fully saturated rings. The monoisotopic (exact) mass is 447 g/mol. The smallest absolute Gasteiger partial charge is 0.295 e. The zero-order valence-electron chi connectivity index (χ0n) is 18.8. The summed E-state index contributed by atoms with van der Waals surface area (Å²) in [5.74, 6) is -0.520. The Kier molecular flexibility index (Phi) is 6.26. The number of hydrogen-bond donors (Lipinski definition) is 0. The summed E-state index contributed by atoms with van der Waals surface area (Å²) in [5.41, 5.74) is 2.21. The number of nitrogens with zero attached hydrogens (tertiary/aromatic N) is 3. The predicted molar refractivity (Wildman–Crippen MR) is 121 cm³/mol. The number of piperazine rings is 1. The van der Waals surface area contributed by atoms with Crippen molar-refractivity contribution in [3.63, 3.8) is 0 Å². The quantitative estimate of drug-likeness (QED) is 0.440. The lowest BCUT2D eigenvalue weighted by molar-refractivity contribution is -0.130. The van der Waals surface area contributed by atoms with Crippen molar-refractivity contribution in [2.45, 2.75) is 19.9 Å². The van der Waals surface area contributed by atoms with Crippen LogP contribution in [0.5, 0.6) is 5.75 Å². The van der Waals surface area contributed by atoms with Gasteiger partial charge >= 0.3 is 0 Å². The molecular formula is C25H25N3O5. The molecule has 0 spiro atoms. The summed E-state index contributed by atoms with van der Waals surface area (Å²) in [6.45, 7) is 4.64. The van der Waals surface area contributed by atoms with E-state index in [0.29, 0.717) is 30.0 Å². The van der Waals surface area contributed by atoms with E-state index < -0.39 is 11.7 Å². The Hall–Kier alpha value is -3.94.